The maximum absolute atomic E-state index is 12.6. The van der Waals surface area contributed by atoms with Crippen molar-refractivity contribution in [3.8, 4) is 22.5 Å². The predicted molar refractivity (Wildman–Crippen MR) is 124 cm³/mol. The Hall–Kier alpha value is -3.37. The molecular formula is C26H23ClN2O2. The van der Waals surface area contributed by atoms with Crippen molar-refractivity contribution in [3.05, 3.63) is 102 Å². The summed E-state index contributed by atoms with van der Waals surface area (Å²) in [6, 6.07) is 26.0. The van der Waals surface area contributed by atoms with Gasteiger partial charge >= 0.3 is 0 Å². The van der Waals surface area contributed by atoms with Gasteiger partial charge in [-0.25, -0.2) is 4.98 Å². The van der Waals surface area contributed by atoms with Crippen LogP contribution in [0.15, 0.2) is 89.5 Å². The van der Waals surface area contributed by atoms with E-state index in [1.54, 1.807) is 11.1 Å². The average Bonchev–Trinajstić information content (AvgIpc) is 3.27. The number of carbonyl (C=O) groups is 1. The van der Waals surface area contributed by atoms with Crippen LogP contribution in [0.5, 0.6) is 0 Å². The molecule has 0 N–H and O–H groups in total. The second-order valence-electron chi connectivity index (χ2n) is 7.41. The lowest BCUT2D eigenvalue weighted by molar-refractivity contribution is -0.130. The summed E-state index contributed by atoms with van der Waals surface area (Å²) in [5, 5.41) is 0.610. The third kappa shape index (κ3) is 5.22. The van der Waals surface area contributed by atoms with Gasteiger partial charge in [-0.3, -0.25) is 4.79 Å². The molecule has 0 aliphatic rings. The summed E-state index contributed by atoms with van der Waals surface area (Å²) in [5.74, 6) is 1.19. The number of benzene rings is 3. The van der Waals surface area contributed by atoms with E-state index in [0.717, 1.165) is 16.7 Å². The zero-order valence-electron chi connectivity index (χ0n) is 17.3. The van der Waals surface area contributed by atoms with Crippen LogP contribution in [0.25, 0.3) is 22.5 Å². The number of aryl methyl sites for hydroxylation is 1. The predicted octanol–water partition coefficient (Wildman–Crippen LogP) is 6.25. The molecule has 4 rings (SSSR count). The zero-order valence-corrected chi connectivity index (χ0v) is 18.0. The second kappa shape index (κ2) is 9.63. The van der Waals surface area contributed by atoms with Gasteiger partial charge in [0.05, 0.1) is 11.2 Å². The van der Waals surface area contributed by atoms with Crippen molar-refractivity contribution >= 4 is 17.5 Å². The Balaban J connectivity index is 1.32. The molecule has 0 aliphatic heterocycles. The van der Waals surface area contributed by atoms with Crippen molar-refractivity contribution in [1.29, 1.82) is 0 Å². The summed E-state index contributed by atoms with van der Waals surface area (Å²) in [4.78, 5) is 18.6. The molecule has 0 fully saturated rings. The first-order valence-corrected chi connectivity index (χ1v) is 10.6. The topological polar surface area (TPSA) is 46.3 Å². The molecule has 4 aromatic rings. The van der Waals surface area contributed by atoms with Gasteiger partial charge in [-0.2, -0.15) is 0 Å². The highest BCUT2D eigenvalue weighted by atomic mass is 35.5. The standard InChI is InChI=1S/C26H23ClN2O2/c1-29(18-19-11-13-21(14-12-19)20-7-3-2-4-8-20)26(30)16-15-25-28-17-24(31-25)22-9-5-6-10-23(22)27/h2-14,17H,15-16,18H2,1H3. The maximum atomic E-state index is 12.6. The van der Waals surface area contributed by atoms with E-state index in [2.05, 4.69) is 41.4 Å². The fraction of sp³-hybridized carbons (Fsp3) is 0.154. The van der Waals surface area contributed by atoms with Gasteiger partial charge in [0.2, 0.25) is 5.91 Å². The monoisotopic (exact) mass is 430 g/mol. The molecule has 0 saturated carbocycles. The first kappa shape index (κ1) is 20.9. The number of hydrogen-bond acceptors (Lipinski definition) is 3. The van der Waals surface area contributed by atoms with Gasteiger partial charge in [-0.05, 0) is 28.8 Å². The van der Waals surface area contributed by atoms with E-state index in [0.29, 0.717) is 36.1 Å². The number of aromatic nitrogens is 1. The highest BCUT2D eigenvalue weighted by Crippen LogP contribution is 2.28. The molecule has 0 spiro atoms. The Kier molecular flexibility index (Phi) is 6.48. The minimum atomic E-state index is 0.0460. The van der Waals surface area contributed by atoms with Crippen molar-refractivity contribution in [1.82, 2.24) is 9.88 Å². The molecule has 0 saturated heterocycles. The van der Waals surface area contributed by atoms with E-state index < -0.39 is 0 Å². The molecule has 0 unspecified atom stereocenters. The zero-order chi connectivity index (χ0) is 21.6. The Morgan fingerprint density at radius 2 is 1.61 bits per heavy atom. The molecule has 0 atom stereocenters. The van der Waals surface area contributed by atoms with Crippen LogP contribution in [-0.2, 0) is 17.8 Å². The number of amides is 1. The largest absolute Gasteiger partial charge is 0.441 e. The molecule has 0 aliphatic carbocycles. The summed E-state index contributed by atoms with van der Waals surface area (Å²) in [6.07, 6.45) is 2.43. The first-order chi connectivity index (χ1) is 15.1. The van der Waals surface area contributed by atoms with E-state index in [9.17, 15) is 4.79 Å². The molecule has 156 valence electrons. The fourth-order valence-corrected chi connectivity index (χ4v) is 3.64. The number of nitrogens with zero attached hydrogens (tertiary/aromatic N) is 2. The smallest absolute Gasteiger partial charge is 0.223 e. The lowest BCUT2D eigenvalue weighted by Gasteiger charge is -2.17. The van der Waals surface area contributed by atoms with E-state index in [1.807, 2.05) is 49.5 Å². The summed E-state index contributed by atoms with van der Waals surface area (Å²) >= 11 is 6.21. The van der Waals surface area contributed by atoms with Crippen molar-refractivity contribution in [2.45, 2.75) is 19.4 Å². The van der Waals surface area contributed by atoms with Crippen molar-refractivity contribution < 1.29 is 9.21 Å². The van der Waals surface area contributed by atoms with Gasteiger partial charge in [0, 0.05) is 32.0 Å². The first-order valence-electron chi connectivity index (χ1n) is 10.2. The van der Waals surface area contributed by atoms with Crippen LogP contribution in [0.3, 0.4) is 0 Å². The minimum Gasteiger partial charge on any atom is -0.441 e. The second-order valence-corrected chi connectivity index (χ2v) is 7.82. The van der Waals surface area contributed by atoms with Gasteiger partial charge in [0.25, 0.3) is 0 Å². The normalized spacial score (nSPS) is 10.8. The van der Waals surface area contributed by atoms with Gasteiger partial charge in [0.15, 0.2) is 11.7 Å². The number of carbonyl (C=O) groups excluding carboxylic acids is 1. The highest BCUT2D eigenvalue weighted by molar-refractivity contribution is 6.33. The minimum absolute atomic E-state index is 0.0460. The van der Waals surface area contributed by atoms with Gasteiger partial charge in [0.1, 0.15) is 0 Å². The van der Waals surface area contributed by atoms with Crippen LogP contribution < -0.4 is 0 Å². The fourth-order valence-electron chi connectivity index (χ4n) is 3.41. The van der Waals surface area contributed by atoms with Crippen LogP contribution in [0.1, 0.15) is 17.9 Å². The maximum Gasteiger partial charge on any atom is 0.223 e. The quantitative estimate of drug-likeness (QED) is 0.348. The molecule has 1 aromatic heterocycles. The van der Waals surface area contributed by atoms with Crippen LogP contribution in [0.2, 0.25) is 5.02 Å². The lowest BCUT2D eigenvalue weighted by atomic mass is 10.0. The van der Waals surface area contributed by atoms with Crippen molar-refractivity contribution in [2.75, 3.05) is 7.05 Å². The Morgan fingerprint density at radius 1 is 0.935 bits per heavy atom. The van der Waals surface area contributed by atoms with Crippen molar-refractivity contribution in [2.24, 2.45) is 0 Å². The van der Waals surface area contributed by atoms with E-state index in [4.69, 9.17) is 16.0 Å². The SMILES string of the molecule is CN(Cc1ccc(-c2ccccc2)cc1)C(=O)CCc1ncc(-c2ccccc2Cl)o1. The van der Waals surface area contributed by atoms with Crippen LogP contribution in [-0.4, -0.2) is 22.8 Å². The Labute approximate surface area is 187 Å². The molecule has 1 amide bonds. The highest BCUT2D eigenvalue weighted by Gasteiger charge is 2.14. The molecule has 3 aromatic carbocycles. The van der Waals surface area contributed by atoms with Crippen LogP contribution in [0.4, 0.5) is 0 Å². The van der Waals surface area contributed by atoms with Crippen LogP contribution >= 0.6 is 11.6 Å². The summed E-state index contributed by atoms with van der Waals surface area (Å²) in [5.41, 5.74) is 4.23. The summed E-state index contributed by atoms with van der Waals surface area (Å²) in [7, 11) is 1.82. The van der Waals surface area contributed by atoms with Gasteiger partial charge in [-0.15, -0.1) is 0 Å². The Morgan fingerprint density at radius 3 is 2.35 bits per heavy atom. The van der Waals surface area contributed by atoms with E-state index in [1.165, 1.54) is 5.56 Å². The number of hydrogen-bond donors (Lipinski definition) is 0. The third-order valence-corrected chi connectivity index (χ3v) is 5.48. The van der Waals surface area contributed by atoms with Crippen LogP contribution in [0, 0.1) is 0 Å². The van der Waals surface area contributed by atoms with E-state index in [-0.39, 0.29) is 5.91 Å². The van der Waals surface area contributed by atoms with E-state index >= 15 is 0 Å². The molecule has 1 heterocycles. The molecule has 5 heteroatoms. The van der Waals surface area contributed by atoms with Gasteiger partial charge in [-0.1, -0.05) is 78.3 Å². The lowest BCUT2D eigenvalue weighted by Crippen LogP contribution is -2.26. The molecule has 4 nitrogen and oxygen atoms in total. The summed E-state index contributed by atoms with van der Waals surface area (Å²) < 4.78 is 5.79. The third-order valence-electron chi connectivity index (χ3n) is 5.15. The molecule has 0 bridgehead atoms. The van der Waals surface area contributed by atoms with Crippen molar-refractivity contribution in [3.63, 3.8) is 0 Å². The summed E-state index contributed by atoms with van der Waals surface area (Å²) in [6.45, 7) is 0.560. The number of oxazole rings is 1. The molecular weight excluding hydrogens is 408 g/mol. The number of halogens is 1. The van der Waals surface area contributed by atoms with Gasteiger partial charge < -0.3 is 9.32 Å². The Bertz CT molecular complexity index is 1150. The molecule has 31 heavy (non-hydrogen) atoms. The number of rotatable bonds is 7. The molecule has 0 radical (unpaired) electrons. The average molecular weight is 431 g/mol.